The SMILES string of the molecule is CN1CCC(N(C)c2cc(N)ccc2C(=O)O)CC1. The minimum atomic E-state index is -0.908. The lowest BCUT2D eigenvalue weighted by atomic mass is 10.0. The number of nitrogen functional groups attached to an aromatic ring is 1. The van der Waals surface area contributed by atoms with Crippen LogP contribution in [0.3, 0.4) is 0 Å². The number of carboxylic acid groups (broad SMARTS) is 1. The van der Waals surface area contributed by atoms with Gasteiger partial charge in [-0.15, -0.1) is 0 Å². The lowest BCUT2D eigenvalue weighted by Crippen LogP contribution is -2.42. The third kappa shape index (κ3) is 2.98. The molecule has 104 valence electrons. The minimum Gasteiger partial charge on any atom is -0.478 e. The summed E-state index contributed by atoms with van der Waals surface area (Å²) in [4.78, 5) is 15.7. The van der Waals surface area contributed by atoms with Gasteiger partial charge in [-0.25, -0.2) is 4.79 Å². The van der Waals surface area contributed by atoms with Gasteiger partial charge in [0.15, 0.2) is 0 Å². The average Bonchev–Trinajstić information content (AvgIpc) is 2.38. The van der Waals surface area contributed by atoms with Crippen molar-refractivity contribution in [3.05, 3.63) is 23.8 Å². The molecule has 1 aromatic rings. The van der Waals surface area contributed by atoms with Gasteiger partial charge in [-0.2, -0.15) is 0 Å². The maximum absolute atomic E-state index is 11.3. The summed E-state index contributed by atoms with van der Waals surface area (Å²) < 4.78 is 0. The molecule has 0 amide bonds. The molecule has 1 saturated heterocycles. The van der Waals surface area contributed by atoms with Crippen LogP contribution >= 0.6 is 0 Å². The van der Waals surface area contributed by atoms with Gasteiger partial charge in [-0.3, -0.25) is 0 Å². The van der Waals surface area contributed by atoms with Crippen LogP contribution in [-0.4, -0.2) is 49.2 Å². The molecule has 3 N–H and O–H groups in total. The summed E-state index contributed by atoms with van der Waals surface area (Å²) in [6.45, 7) is 2.08. The zero-order chi connectivity index (χ0) is 14.0. The van der Waals surface area contributed by atoms with E-state index in [0.717, 1.165) is 25.9 Å². The Hall–Kier alpha value is -1.75. The molecule has 0 bridgehead atoms. The van der Waals surface area contributed by atoms with E-state index in [1.165, 1.54) is 0 Å². The molecule has 0 atom stereocenters. The summed E-state index contributed by atoms with van der Waals surface area (Å²) in [5, 5.41) is 9.27. The maximum Gasteiger partial charge on any atom is 0.337 e. The number of carboxylic acids is 1. The lowest BCUT2D eigenvalue weighted by molar-refractivity contribution is 0.0697. The maximum atomic E-state index is 11.3. The normalized spacial score (nSPS) is 17.4. The fraction of sp³-hybridized carbons (Fsp3) is 0.500. The molecule has 1 aromatic carbocycles. The number of aromatic carboxylic acids is 1. The van der Waals surface area contributed by atoms with Crippen LogP contribution in [0.25, 0.3) is 0 Å². The number of hydrogen-bond donors (Lipinski definition) is 2. The van der Waals surface area contributed by atoms with Crippen LogP contribution in [0.4, 0.5) is 11.4 Å². The van der Waals surface area contributed by atoms with Gasteiger partial charge in [-0.05, 0) is 51.2 Å². The van der Waals surface area contributed by atoms with Gasteiger partial charge in [0.1, 0.15) is 0 Å². The molecular weight excluding hydrogens is 242 g/mol. The van der Waals surface area contributed by atoms with E-state index in [9.17, 15) is 9.90 Å². The van der Waals surface area contributed by atoms with Gasteiger partial charge in [0, 0.05) is 18.8 Å². The highest BCUT2D eigenvalue weighted by atomic mass is 16.4. The van der Waals surface area contributed by atoms with Gasteiger partial charge >= 0.3 is 5.97 Å². The first-order valence-corrected chi connectivity index (χ1v) is 6.53. The molecule has 19 heavy (non-hydrogen) atoms. The Kier molecular flexibility index (Phi) is 3.95. The van der Waals surface area contributed by atoms with E-state index in [0.29, 0.717) is 23.0 Å². The first-order valence-electron chi connectivity index (χ1n) is 6.53. The van der Waals surface area contributed by atoms with E-state index < -0.39 is 5.97 Å². The quantitative estimate of drug-likeness (QED) is 0.809. The number of likely N-dealkylation sites (tertiary alicyclic amines) is 1. The topological polar surface area (TPSA) is 69.8 Å². The summed E-state index contributed by atoms with van der Waals surface area (Å²) in [6, 6.07) is 5.34. The zero-order valence-electron chi connectivity index (χ0n) is 11.5. The summed E-state index contributed by atoms with van der Waals surface area (Å²) >= 11 is 0. The fourth-order valence-electron chi connectivity index (χ4n) is 2.60. The second-order valence-electron chi connectivity index (χ2n) is 5.23. The van der Waals surface area contributed by atoms with E-state index in [-0.39, 0.29) is 0 Å². The van der Waals surface area contributed by atoms with Crippen molar-refractivity contribution in [2.24, 2.45) is 0 Å². The van der Waals surface area contributed by atoms with Crippen molar-refractivity contribution in [3.63, 3.8) is 0 Å². The number of benzene rings is 1. The number of carbonyl (C=O) groups is 1. The first-order chi connectivity index (χ1) is 8.99. The Balaban J connectivity index is 2.25. The van der Waals surface area contributed by atoms with E-state index in [4.69, 9.17) is 5.73 Å². The molecule has 2 rings (SSSR count). The Morgan fingerprint density at radius 3 is 2.63 bits per heavy atom. The number of hydrogen-bond acceptors (Lipinski definition) is 4. The Morgan fingerprint density at radius 1 is 1.42 bits per heavy atom. The van der Waals surface area contributed by atoms with Crippen molar-refractivity contribution in [2.75, 3.05) is 37.8 Å². The predicted molar refractivity (Wildman–Crippen MR) is 76.7 cm³/mol. The van der Waals surface area contributed by atoms with E-state index in [1.807, 2.05) is 7.05 Å². The molecule has 5 heteroatoms. The number of anilines is 2. The van der Waals surface area contributed by atoms with Crippen LogP contribution in [0.5, 0.6) is 0 Å². The second kappa shape index (κ2) is 5.48. The first kappa shape index (κ1) is 13.7. The van der Waals surface area contributed by atoms with Crippen molar-refractivity contribution in [1.29, 1.82) is 0 Å². The molecular formula is C14H21N3O2. The number of nitrogens with zero attached hydrogens (tertiary/aromatic N) is 2. The van der Waals surface area contributed by atoms with Gasteiger partial charge in [0.2, 0.25) is 0 Å². The summed E-state index contributed by atoms with van der Waals surface area (Å²) in [7, 11) is 4.07. The van der Waals surface area contributed by atoms with Crippen molar-refractivity contribution in [1.82, 2.24) is 4.90 Å². The molecule has 1 fully saturated rings. The Labute approximate surface area is 113 Å². The molecule has 1 aliphatic heterocycles. The van der Waals surface area contributed by atoms with Crippen LogP contribution in [-0.2, 0) is 0 Å². The third-order valence-electron chi connectivity index (χ3n) is 3.87. The highest BCUT2D eigenvalue weighted by molar-refractivity contribution is 5.95. The average molecular weight is 263 g/mol. The zero-order valence-corrected chi connectivity index (χ0v) is 11.5. The van der Waals surface area contributed by atoms with E-state index in [1.54, 1.807) is 18.2 Å². The lowest BCUT2D eigenvalue weighted by Gasteiger charge is -2.37. The van der Waals surface area contributed by atoms with E-state index >= 15 is 0 Å². The van der Waals surface area contributed by atoms with Crippen molar-refractivity contribution >= 4 is 17.3 Å². The number of piperidine rings is 1. The molecule has 0 saturated carbocycles. The highest BCUT2D eigenvalue weighted by Crippen LogP contribution is 2.27. The molecule has 1 heterocycles. The van der Waals surface area contributed by atoms with Gasteiger partial charge < -0.3 is 20.6 Å². The highest BCUT2D eigenvalue weighted by Gasteiger charge is 2.23. The molecule has 0 unspecified atom stereocenters. The van der Waals surface area contributed by atoms with Gasteiger partial charge in [0.05, 0.1) is 11.3 Å². The van der Waals surface area contributed by atoms with Crippen LogP contribution in [0.2, 0.25) is 0 Å². The molecule has 0 aliphatic carbocycles. The van der Waals surface area contributed by atoms with Crippen molar-refractivity contribution < 1.29 is 9.90 Å². The van der Waals surface area contributed by atoms with Crippen LogP contribution in [0.15, 0.2) is 18.2 Å². The van der Waals surface area contributed by atoms with Gasteiger partial charge in [0.25, 0.3) is 0 Å². The number of rotatable bonds is 3. The molecule has 5 nitrogen and oxygen atoms in total. The molecule has 0 aromatic heterocycles. The minimum absolute atomic E-state index is 0.315. The monoisotopic (exact) mass is 263 g/mol. The number of nitrogens with two attached hydrogens (primary N) is 1. The fourth-order valence-corrected chi connectivity index (χ4v) is 2.60. The largest absolute Gasteiger partial charge is 0.478 e. The summed E-state index contributed by atoms with van der Waals surface area (Å²) in [5.74, 6) is -0.908. The Morgan fingerprint density at radius 2 is 2.05 bits per heavy atom. The standard InChI is InChI=1S/C14H21N3O2/c1-16-7-5-11(6-8-16)17(2)13-9-10(15)3-4-12(13)14(18)19/h3-4,9,11H,5-8,15H2,1-2H3,(H,18,19). The smallest absolute Gasteiger partial charge is 0.337 e. The van der Waals surface area contributed by atoms with Crippen molar-refractivity contribution in [2.45, 2.75) is 18.9 Å². The second-order valence-corrected chi connectivity index (χ2v) is 5.23. The van der Waals surface area contributed by atoms with E-state index in [2.05, 4.69) is 16.8 Å². The molecule has 0 radical (unpaired) electrons. The summed E-state index contributed by atoms with van der Waals surface area (Å²) in [6.07, 6.45) is 2.09. The predicted octanol–water partition coefficient (Wildman–Crippen LogP) is 1.50. The molecule has 1 aliphatic rings. The molecule has 0 spiro atoms. The third-order valence-corrected chi connectivity index (χ3v) is 3.87. The van der Waals surface area contributed by atoms with Crippen LogP contribution in [0, 0.1) is 0 Å². The summed E-state index contributed by atoms with van der Waals surface area (Å²) in [5.41, 5.74) is 7.41. The van der Waals surface area contributed by atoms with Crippen LogP contribution in [0.1, 0.15) is 23.2 Å². The van der Waals surface area contributed by atoms with Crippen molar-refractivity contribution in [3.8, 4) is 0 Å². The van der Waals surface area contributed by atoms with Crippen LogP contribution < -0.4 is 10.6 Å². The van der Waals surface area contributed by atoms with Gasteiger partial charge in [-0.1, -0.05) is 0 Å². The Bertz CT molecular complexity index is 468.